The van der Waals surface area contributed by atoms with E-state index in [0.29, 0.717) is 25.3 Å². The zero-order valence-corrected chi connectivity index (χ0v) is 13.3. The number of nitrogens with zero attached hydrogens (tertiary/aromatic N) is 1. The van der Waals surface area contributed by atoms with E-state index in [2.05, 4.69) is 0 Å². The Bertz CT molecular complexity index is 703. The number of ether oxygens (including phenoxy) is 1. The van der Waals surface area contributed by atoms with Crippen LogP contribution < -0.4 is 0 Å². The van der Waals surface area contributed by atoms with E-state index >= 15 is 0 Å². The number of benzene rings is 2. The van der Waals surface area contributed by atoms with E-state index < -0.39 is 0 Å². The molecule has 1 atom stereocenters. The quantitative estimate of drug-likeness (QED) is 0.853. The fourth-order valence-corrected chi connectivity index (χ4v) is 2.87. The molecule has 3 nitrogen and oxygen atoms in total. The maximum Gasteiger partial charge on any atom is 0.253 e. The lowest BCUT2D eigenvalue weighted by Crippen LogP contribution is -2.43. The molecule has 126 valence electrons. The molecule has 0 aliphatic carbocycles. The second-order valence-electron chi connectivity index (χ2n) is 5.96. The molecule has 0 saturated carbocycles. The summed E-state index contributed by atoms with van der Waals surface area (Å²) >= 11 is 0. The third-order valence-corrected chi connectivity index (χ3v) is 4.13. The standard InChI is InChI=1S/C19H19F2NO2/c20-16-8-6-15(7-9-16)19(23)22-10-2-5-18(12-22)24-13-14-3-1-4-17(21)11-14/h1,3-4,6-9,11,18H,2,5,10,12-13H2. The third kappa shape index (κ3) is 4.17. The zero-order valence-electron chi connectivity index (χ0n) is 13.3. The lowest BCUT2D eigenvalue weighted by molar-refractivity contribution is -0.00679. The van der Waals surface area contributed by atoms with Crippen molar-refractivity contribution in [1.29, 1.82) is 0 Å². The van der Waals surface area contributed by atoms with E-state index in [1.54, 1.807) is 11.0 Å². The molecule has 0 bridgehead atoms. The molecular formula is C19H19F2NO2. The predicted octanol–water partition coefficient (Wildman–Crippen LogP) is 3.79. The van der Waals surface area contributed by atoms with Crippen molar-refractivity contribution in [1.82, 2.24) is 4.90 Å². The summed E-state index contributed by atoms with van der Waals surface area (Å²) in [5.41, 5.74) is 1.25. The molecule has 2 aromatic rings. The average molecular weight is 331 g/mol. The van der Waals surface area contributed by atoms with E-state index in [0.717, 1.165) is 18.4 Å². The van der Waals surface area contributed by atoms with Gasteiger partial charge in [-0.25, -0.2) is 8.78 Å². The molecule has 1 aliphatic rings. The lowest BCUT2D eigenvalue weighted by Gasteiger charge is -2.32. The SMILES string of the molecule is O=C(c1ccc(F)cc1)N1CCCC(OCc2cccc(F)c2)C1. The van der Waals surface area contributed by atoms with E-state index in [4.69, 9.17) is 4.74 Å². The summed E-state index contributed by atoms with van der Waals surface area (Å²) in [5.74, 6) is -0.761. The monoisotopic (exact) mass is 331 g/mol. The molecule has 1 fully saturated rings. The van der Waals surface area contributed by atoms with Crippen molar-refractivity contribution in [3.05, 3.63) is 71.3 Å². The van der Waals surface area contributed by atoms with Gasteiger partial charge in [-0.05, 0) is 54.8 Å². The Morgan fingerprint density at radius 3 is 2.67 bits per heavy atom. The topological polar surface area (TPSA) is 29.5 Å². The number of carbonyl (C=O) groups excluding carboxylic acids is 1. The van der Waals surface area contributed by atoms with Gasteiger partial charge in [0.05, 0.1) is 12.7 Å². The summed E-state index contributed by atoms with van der Waals surface area (Å²) in [6.07, 6.45) is 1.63. The second-order valence-corrected chi connectivity index (χ2v) is 5.96. The van der Waals surface area contributed by atoms with Gasteiger partial charge in [-0.15, -0.1) is 0 Å². The van der Waals surface area contributed by atoms with Crippen molar-refractivity contribution >= 4 is 5.91 Å². The van der Waals surface area contributed by atoms with Crippen LogP contribution in [0.3, 0.4) is 0 Å². The molecule has 2 aromatic carbocycles. The Kier molecular flexibility index (Phi) is 5.20. The molecule has 0 N–H and O–H groups in total. The molecule has 3 rings (SSSR count). The highest BCUT2D eigenvalue weighted by molar-refractivity contribution is 5.94. The van der Waals surface area contributed by atoms with Gasteiger partial charge in [0.25, 0.3) is 5.91 Å². The van der Waals surface area contributed by atoms with Crippen LogP contribution in [0.1, 0.15) is 28.8 Å². The molecule has 1 heterocycles. The van der Waals surface area contributed by atoms with Crippen LogP contribution in [0.25, 0.3) is 0 Å². The number of hydrogen-bond donors (Lipinski definition) is 0. The maximum absolute atomic E-state index is 13.2. The molecular weight excluding hydrogens is 312 g/mol. The van der Waals surface area contributed by atoms with Crippen LogP contribution in [0, 0.1) is 11.6 Å². The summed E-state index contributed by atoms with van der Waals surface area (Å²) in [6.45, 7) is 1.47. The van der Waals surface area contributed by atoms with Gasteiger partial charge >= 0.3 is 0 Å². The number of rotatable bonds is 4. The van der Waals surface area contributed by atoms with Crippen LogP contribution in [0.4, 0.5) is 8.78 Å². The molecule has 1 saturated heterocycles. The van der Waals surface area contributed by atoms with Gasteiger partial charge in [0.15, 0.2) is 0 Å². The van der Waals surface area contributed by atoms with Crippen molar-refractivity contribution in [2.24, 2.45) is 0 Å². The van der Waals surface area contributed by atoms with Gasteiger partial charge in [-0.1, -0.05) is 12.1 Å². The van der Waals surface area contributed by atoms with Crippen LogP contribution in [0.15, 0.2) is 48.5 Å². The Morgan fingerprint density at radius 2 is 1.92 bits per heavy atom. The van der Waals surface area contributed by atoms with Crippen LogP contribution in [-0.4, -0.2) is 30.0 Å². The van der Waals surface area contributed by atoms with Gasteiger partial charge < -0.3 is 9.64 Å². The first kappa shape index (κ1) is 16.6. The maximum atomic E-state index is 13.2. The van der Waals surface area contributed by atoms with E-state index in [-0.39, 0.29) is 23.6 Å². The molecule has 0 radical (unpaired) electrons. The Hall–Kier alpha value is -2.27. The van der Waals surface area contributed by atoms with Crippen molar-refractivity contribution < 1.29 is 18.3 Å². The van der Waals surface area contributed by atoms with Crippen LogP contribution in [-0.2, 0) is 11.3 Å². The smallest absolute Gasteiger partial charge is 0.253 e. The predicted molar refractivity (Wildman–Crippen MR) is 86.5 cm³/mol. The Morgan fingerprint density at radius 1 is 1.12 bits per heavy atom. The molecule has 0 spiro atoms. The van der Waals surface area contributed by atoms with Gasteiger partial charge in [0.2, 0.25) is 0 Å². The largest absolute Gasteiger partial charge is 0.372 e. The molecule has 24 heavy (non-hydrogen) atoms. The highest BCUT2D eigenvalue weighted by atomic mass is 19.1. The highest BCUT2D eigenvalue weighted by Gasteiger charge is 2.25. The van der Waals surface area contributed by atoms with Crippen LogP contribution in [0.5, 0.6) is 0 Å². The minimum atomic E-state index is -0.360. The fraction of sp³-hybridized carbons (Fsp3) is 0.316. The molecule has 5 heteroatoms. The minimum absolute atomic E-state index is 0.0774. The summed E-state index contributed by atoms with van der Waals surface area (Å²) in [7, 11) is 0. The number of piperidine rings is 1. The number of amides is 1. The summed E-state index contributed by atoms with van der Waals surface area (Å²) in [6, 6.07) is 11.9. The summed E-state index contributed by atoms with van der Waals surface area (Å²) < 4.78 is 32.0. The van der Waals surface area contributed by atoms with Gasteiger partial charge in [0.1, 0.15) is 11.6 Å². The van der Waals surface area contributed by atoms with Crippen molar-refractivity contribution in [3.63, 3.8) is 0 Å². The minimum Gasteiger partial charge on any atom is -0.372 e. The normalized spacial score (nSPS) is 17.8. The first-order valence-electron chi connectivity index (χ1n) is 8.03. The summed E-state index contributed by atoms with van der Waals surface area (Å²) in [5, 5.41) is 0. The van der Waals surface area contributed by atoms with Crippen LogP contribution in [0.2, 0.25) is 0 Å². The number of likely N-dealkylation sites (tertiary alicyclic amines) is 1. The molecule has 1 amide bonds. The average Bonchev–Trinajstić information content (AvgIpc) is 2.60. The zero-order chi connectivity index (χ0) is 16.9. The van der Waals surface area contributed by atoms with E-state index in [9.17, 15) is 13.6 Å². The van der Waals surface area contributed by atoms with Crippen molar-refractivity contribution in [2.75, 3.05) is 13.1 Å². The third-order valence-electron chi connectivity index (χ3n) is 4.13. The van der Waals surface area contributed by atoms with Crippen molar-refractivity contribution in [2.45, 2.75) is 25.6 Å². The molecule has 1 aliphatic heterocycles. The van der Waals surface area contributed by atoms with Crippen LogP contribution >= 0.6 is 0 Å². The van der Waals surface area contributed by atoms with E-state index in [1.165, 1.54) is 36.4 Å². The first-order chi connectivity index (χ1) is 11.6. The highest BCUT2D eigenvalue weighted by Crippen LogP contribution is 2.18. The molecule has 1 unspecified atom stereocenters. The van der Waals surface area contributed by atoms with Gasteiger partial charge in [-0.2, -0.15) is 0 Å². The number of carbonyl (C=O) groups is 1. The number of hydrogen-bond acceptors (Lipinski definition) is 2. The Labute approximate surface area is 139 Å². The lowest BCUT2D eigenvalue weighted by atomic mass is 10.1. The number of halogens is 2. The Balaban J connectivity index is 1.57. The summed E-state index contributed by atoms with van der Waals surface area (Å²) in [4.78, 5) is 14.2. The van der Waals surface area contributed by atoms with Gasteiger partial charge in [0, 0.05) is 18.7 Å². The van der Waals surface area contributed by atoms with Crippen molar-refractivity contribution in [3.8, 4) is 0 Å². The first-order valence-corrected chi connectivity index (χ1v) is 8.03. The second kappa shape index (κ2) is 7.53. The van der Waals surface area contributed by atoms with Gasteiger partial charge in [-0.3, -0.25) is 4.79 Å². The molecule has 0 aromatic heterocycles. The fourth-order valence-electron chi connectivity index (χ4n) is 2.87. The van der Waals surface area contributed by atoms with E-state index in [1.807, 2.05) is 6.07 Å².